The van der Waals surface area contributed by atoms with Gasteiger partial charge in [-0.05, 0) is 29.8 Å². The number of hydrogen-bond donors (Lipinski definition) is 1. The summed E-state index contributed by atoms with van der Waals surface area (Å²) in [6.07, 6.45) is 0.368. The van der Waals surface area contributed by atoms with E-state index in [-0.39, 0.29) is 17.9 Å². The first kappa shape index (κ1) is 16.4. The molecule has 3 aromatic rings. The molecule has 0 saturated carbocycles. The predicted molar refractivity (Wildman–Crippen MR) is 82.6 cm³/mol. The molecule has 0 fully saturated rings. The maximum atomic E-state index is 12.8. The lowest BCUT2D eigenvalue weighted by Crippen LogP contribution is -2.11. The molecule has 0 aliphatic heterocycles. The van der Waals surface area contributed by atoms with E-state index in [0.29, 0.717) is 5.82 Å². The van der Waals surface area contributed by atoms with Crippen LogP contribution in [0.2, 0.25) is 0 Å². The fraction of sp³-hybridized carbons (Fsp3) is 0.125. The van der Waals surface area contributed by atoms with Gasteiger partial charge in [0, 0.05) is 25.1 Å². The Labute approximate surface area is 140 Å². The van der Waals surface area contributed by atoms with Crippen LogP contribution in [0.25, 0.3) is 5.82 Å². The van der Waals surface area contributed by atoms with Crippen LogP contribution < -0.4 is 5.32 Å². The van der Waals surface area contributed by atoms with E-state index in [2.05, 4.69) is 20.4 Å². The second-order valence-corrected chi connectivity index (χ2v) is 5.03. The Hall–Kier alpha value is -3.41. The van der Waals surface area contributed by atoms with Gasteiger partial charge in [-0.15, -0.1) is 0 Å². The quantitative estimate of drug-likeness (QED) is 0.786. The molecule has 0 aliphatic carbocycles. The van der Waals surface area contributed by atoms with Crippen LogP contribution in [0.5, 0.6) is 0 Å². The average Bonchev–Trinajstić information content (AvgIpc) is 3.14. The molecule has 0 saturated heterocycles. The van der Waals surface area contributed by atoms with E-state index >= 15 is 0 Å². The Morgan fingerprint density at radius 3 is 2.64 bits per heavy atom. The summed E-state index contributed by atoms with van der Waals surface area (Å²) in [5.41, 5.74) is -0.297. The highest BCUT2D eigenvalue weighted by Gasteiger charge is 2.33. The van der Waals surface area contributed by atoms with Crippen LogP contribution in [-0.2, 0) is 12.7 Å². The van der Waals surface area contributed by atoms with E-state index in [1.54, 1.807) is 41.5 Å². The SMILES string of the molecule is N#Cc1ccc(C(F)(F)F)nc1NCc1ccc(-n2cccn2)nc1. The molecule has 126 valence electrons. The van der Waals surface area contributed by atoms with Crippen molar-refractivity contribution in [2.75, 3.05) is 5.32 Å². The second kappa shape index (κ2) is 6.60. The Morgan fingerprint density at radius 2 is 2.04 bits per heavy atom. The van der Waals surface area contributed by atoms with E-state index in [1.807, 2.05) is 6.07 Å². The highest BCUT2D eigenvalue weighted by atomic mass is 19.4. The van der Waals surface area contributed by atoms with Crippen LogP contribution in [0, 0.1) is 11.3 Å². The summed E-state index contributed by atoms with van der Waals surface area (Å²) in [6.45, 7) is 0.176. The van der Waals surface area contributed by atoms with E-state index in [4.69, 9.17) is 5.26 Å². The maximum Gasteiger partial charge on any atom is 0.433 e. The Balaban J connectivity index is 1.76. The van der Waals surface area contributed by atoms with E-state index < -0.39 is 11.9 Å². The molecule has 3 heterocycles. The summed E-state index contributed by atoms with van der Waals surface area (Å²) in [6, 6.07) is 8.95. The van der Waals surface area contributed by atoms with Gasteiger partial charge in [-0.2, -0.15) is 23.5 Å². The molecule has 0 spiro atoms. The Bertz CT molecular complexity index is 895. The lowest BCUT2D eigenvalue weighted by molar-refractivity contribution is -0.141. The van der Waals surface area contributed by atoms with Gasteiger partial charge in [0.1, 0.15) is 17.6 Å². The van der Waals surface area contributed by atoms with Crippen molar-refractivity contribution in [3.63, 3.8) is 0 Å². The smallest absolute Gasteiger partial charge is 0.365 e. The third-order valence-electron chi connectivity index (χ3n) is 3.31. The van der Waals surface area contributed by atoms with Crippen molar-refractivity contribution in [1.29, 1.82) is 5.26 Å². The normalized spacial score (nSPS) is 11.1. The fourth-order valence-corrected chi connectivity index (χ4v) is 2.09. The molecule has 9 heteroatoms. The third-order valence-corrected chi connectivity index (χ3v) is 3.31. The van der Waals surface area contributed by atoms with Crippen molar-refractivity contribution in [2.45, 2.75) is 12.7 Å². The number of nitrogens with zero attached hydrogens (tertiary/aromatic N) is 5. The van der Waals surface area contributed by atoms with Crippen LogP contribution in [-0.4, -0.2) is 19.7 Å². The summed E-state index contributed by atoms with van der Waals surface area (Å²) < 4.78 is 39.8. The topological polar surface area (TPSA) is 79.4 Å². The third kappa shape index (κ3) is 3.74. The van der Waals surface area contributed by atoms with Crippen LogP contribution in [0.4, 0.5) is 19.0 Å². The molecule has 1 N–H and O–H groups in total. The van der Waals surface area contributed by atoms with Gasteiger partial charge >= 0.3 is 6.18 Å². The van der Waals surface area contributed by atoms with Gasteiger partial charge in [0.2, 0.25) is 0 Å². The van der Waals surface area contributed by atoms with Crippen LogP contribution in [0.1, 0.15) is 16.8 Å². The molecule has 25 heavy (non-hydrogen) atoms. The molecular formula is C16H11F3N6. The highest BCUT2D eigenvalue weighted by Crippen LogP contribution is 2.29. The number of hydrogen-bond acceptors (Lipinski definition) is 5. The van der Waals surface area contributed by atoms with Gasteiger partial charge in [0.15, 0.2) is 5.82 Å². The largest absolute Gasteiger partial charge is 0.433 e. The minimum Gasteiger partial charge on any atom is -0.365 e. The van der Waals surface area contributed by atoms with E-state index in [0.717, 1.165) is 17.7 Å². The lowest BCUT2D eigenvalue weighted by Gasteiger charge is -2.11. The second-order valence-electron chi connectivity index (χ2n) is 5.03. The minimum atomic E-state index is -4.57. The number of alkyl halides is 3. The number of anilines is 1. The highest BCUT2D eigenvalue weighted by molar-refractivity contribution is 5.52. The molecule has 0 aromatic carbocycles. The molecule has 6 nitrogen and oxygen atoms in total. The number of nitrogens with one attached hydrogen (secondary N) is 1. The van der Waals surface area contributed by atoms with Crippen molar-refractivity contribution in [3.8, 4) is 11.9 Å². The fourth-order valence-electron chi connectivity index (χ4n) is 2.09. The predicted octanol–water partition coefficient (Wildman–Crippen LogP) is 3.16. The number of aromatic nitrogens is 4. The molecule has 0 radical (unpaired) electrons. The van der Waals surface area contributed by atoms with Gasteiger partial charge in [-0.3, -0.25) is 0 Å². The van der Waals surface area contributed by atoms with Gasteiger partial charge in [-0.25, -0.2) is 14.6 Å². The van der Waals surface area contributed by atoms with Crippen LogP contribution >= 0.6 is 0 Å². The van der Waals surface area contributed by atoms with Crippen molar-refractivity contribution in [3.05, 3.63) is 65.7 Å². The van der Waals surface area contributed by atoms with Gasteiger partial charge < -0.3 is 5.32 Å². The number of nitriles is 1. The molecular weight excluding hydrogens is 333 g/mol. The maximum absolute atomic E-state index is 12.8. The van der Waals surface area contributed by atoms with Gasteiger partial charge in [0.25, 0.3) is 0 Å². The monoisotopic (exact) mass is 344 g/mol. The molecule has 3 rings (SSSR count). The summed E-state index contributed by atoms with van der Waals surface area (Å²) in [5, 5.41) is 15.8. The number of rotatable bonds is 4. The summed E-state index contributed by atoms with van der Waals surface area (Å²) in [7, 11) is 0. The first-order valence-corrected chi connectivity index (χ1v) is 7.14. The Kier molecular flexibility index (Phi) is 4.35. The zero-order valence-electron chi connectivity index (χ0n) is 12.7. The molecule has 0 unspecified atom stereocenters. The minimum absolute atomic E-state index is 0.0362. The molecule has 0 aliphatic rings. The molecule has 0 amide bonds. The zero-order chi connectivity index (χ0) is 17.9. The van der Waals surface area contributed by atoms with Crippen LogP contribution in [0.3, 0.4) is 0 Å². The first-order valence-electron chi connectivity index (χ1n) is 7.14. The summed E-state index contributed by atoms with van der Waals surface area (Å²) >= 11 is 0. The lowest BCUT2D eigenvalue weighted by atomic mass is 10.2. The standard InChI is InChI=1S/C16H11F3N6/c17-16(18,19)13-4-3-12(8-20)15(24-13)22-10-11-2-5-14(21-9-11)25-7-1-6-23-25/h1-7,9H,10H2,(H,22,24). The zero-order valence-corrected chi connectivity index (χ0v) is 12.7. The van der Waals surface area contributed by atoms with Crippen molar-refractivity contribution >= 4 is 5.82 Å². The first-order chi connectivity index (χ1) is 12.0. The summed E-state index contributed by atoms with van der Waals surface area (Å²) in [4.78, 5) is 7.72. The number of pyridine rings is 2. The van der Waals surface area contributed by atoms with Crippen LogP contribution in [0.15, 0.2) is 48.9 Å². The van der Waals surface area contributed by atoms with Crippen molar-refractivity contribution in [1.82, 2.24) is 19.7 Å². The van der Waals surface area contributed by atoms with Crippen molar-refractivity contribution in [2.24, 2.45) is 0 Å². The Morgan fingerprint density at radius 1 is 1.20 bits per heavy atom. The molecule has 3 aromatic heterocycles. The summed E-state index contributed by atoms with van der Waals surface area (Å²) in [5.74, 6) is 0.497. The molecule has 0 atom stereocenters. The number of halogens is 3. The average molecular weight is 344 g/mol. The van der Waals surface area contributed by atoms with Gasteiger partial charge in [-0.1, -0.05) is 6.07 Å². The van der Waals surface area contributed by atoms with Gasteiger partial charge in [0.05, 0.1) is 5.56 Å². The molecule has 0 bridgehead atoms. The van der Waals surface area contributed by atoms with E-state index in [1.165, 1.54) is 0 Å². The van der Waals surface area contributed by atoms with E-state index in [9.17, 15) is 13.2 Å². The van der Waals surface area contributed by atoms with Crippen molar-refractivity contribution < 1.29 is 13.2 Å².